The monoisotopic (exact) mass is 346 g/mol. The van der Waals surface area contributed by atoms with Crippen molar-refractivity contribution in [3.63, 3.8) is 0 Å². The molecule has 0 amide bonds. The van der Waals surface area contributed by atoms with E-state index in [1.165, 1.54) is 0 Å². The third kappa shape index (κ3) is 1.80. The summed E-state index contributed by atoms with van der Waals surface area (Å²) >= 11 is -3.78. The summed E-state index contributed by atoms with van der Waals surface area (Å²) < 4.78 is 70.2. The van der Waals surface area contributed by atoms with Gasteiger partial charge in [-0.2, -0.15) is 0 Å². The van der Waals surface area contributed by atoms with Crippen LogP contribution >= 0.6 is 28.0 Å². The Morgan fingerprint density at radius 1 is 0.786 bits per heavy atom. The summed E-state index contributed by atoms with van der Waals surface area (Å²) in [6, 6.07) is 0. The van der Waals surface area contributed by atoms with Gasteiger partial charge in [-0.25, -0.2) is 0 Å². The molecular weight excluding hydrogens is 345 g/mol. The molecule has 0 aliphatic carbocycles. The van der Waals surface area contributed by atoms with Crippen molar-refractivity contribution in [2.75, 3.05) is 0 Å². The van der Waals surface area contributed by atoms with E-state index in [1.54, 1.807) is 0 Å². The van der Waals surface area contributed by atoms with Crippen LogP contribution in [-0.4, -0.2) is 3.44 Å². The van der Waals surface area contributed by atoms with Gasteiger partial charge in [0, 0.05) is 0 Å². The third-order valence-electron chi connectivity index (χ3n) is 1.31. The Labute approximate surface area is 86.1 Å². The molecular formula is C6HClF5IO. The van der Waals surface area contributed by atoms with Crippen LogP contribution in [0.4, 0.5) is 22.0 Å². The maximum absolute atomic E-state index is 12.7. The first kappa shape index (κ1) is 11.9. The summed E-state index contributed by atoms with van der Waals surface area (Å²) in [5.41, 5.74) is 0. The zero-order valence-corrected chi connectivity index (χ0v) is 9.01. The van der Waals surface area contributed by atoms with Gasteiger partial charge in [-0.05, 0) is 0 Å². The van der Waals surface area contributed by atoms with Crippen LogP contribution in [0, 0.1) is 32.7 Å². The summed E-state index contributed by atoms with van der Waals surface area (Å²) in [6.45, 7) is 0. The van der Waals surface area contributed by atoms with Crippen molar-refractivity contribution in [2.45, 2.75) is 0 Å². The van der Waals surface area contributed by atoms with E-state index in [1.807, 2.05) is 0 Å². The third-order valence-corrected chi connectivity index (χ3v) is 4.11. The first-order valence-electron chi connectivity index (χ1n) is 2.95. The zero-order chi connectivity index (χ0) is 11.0. The second-order valence-corrected chi connectivity index (χ2v) is 6.25. The van der Waals surface area contributed by atoms with Gasteiger partial charge in [-0.15, -0.1) is 0 Å². The van der Waals surface area contributed by atoms with Crippen LogP contribution in [0.5, 0.6) is 0 Å². The molecule has 80 valence electrons. The van der Waals surface area contributed by atoms with E-state index in [2.05, 4.69) is 0 Å². The number of halogens is 7. The topological polar surface area (TPSA) is 20.2 Å². The van der Waals surface area contributed by atoms with Crippen molar-refractivity contribution >= 4 is 28.0 Å². The number of benzene rings is 1. The van der Waals surface area contributed by atoms with Gasteiger partial charge < -0.3 is 0 Å². The summed E-state index contributed by atoms with van der Waals surface area (Å²) in [5.74, 6) is -10.6. The summed E-state index contributed by atoms with van der Waals surface area (Å²) in [5, 5.41) is 0. The molecule has 0 aliphatic heterocycles. The van der Waals surface area contributed by atoms with Crippen LogP contribution in [-0.2, 0) is 0 Å². The van der Waals surface area contributed by atoms with Gasteiger partial charge in [0.05, 0.1) is 0 Å². The van der Waals surface area contributed by atoms with Gasteiger partial charge in [0.2, 0.25) is 0 Å². The van der Waals surface area contributed by atoms with Crippen molar-refractivity contribution in [3.8, 4) is 0 Å². The van der Waals surface area contributed by atoms with E-state index < -0.39 is 51.8 Å². The molecule has 0 saturated heterocycles. The van der Waals surface area contributed by atoms with Crippen LogP contribution in [0.2, 0.25) is 0 Å². The summed E-state index contributed by atoms with van der Waals surface area (Å²) in [6.07, 6.45) is 0. The SMILES string of the molecule is OI(Cl)c1c(F)c(F)c(F)c(F)c1F. The predicted molar refractivity (Wildman–Crippen MR) is 47.0 cm³/mol. The standard InChI is InChI=1S/C6HClF5IO/c7-13(14)6-4(11)2(9)1(8)3(10)5(6)12/h14H. The van der Waals surface area contributed by atoms with Gasteiger partial charge in [0.15, 0.2) is 0 Å². The molecule has 8 heteroatoms. The number of hydrogen-bond donors (Lipinski definition) is 1. The molecule has 0 atom stereocenters. The maximum atomic E-state index is 12.7. The normalized spacial score (nSPS) is 11.8. The summed E-state index contributed by atoms with van der Waals surface area (Å²) in [7, 11) is 4.99. The first-order valence-corrected chi connectivity index (χ1v) is 7.72. The van der Waals surface area contributed by atoms with E-state index in [0.717, 1.165) is 0 Å². The Morgan fingerprint density at radius 3 is 1.36 bits per heavy atom. The van der Waals surface area contributed by atoms with E-state index in [9.17, 15) is 22.0 Å². The Bertz CT molecular complexity index is 354. The minimum atomic E-state index is -3.78. The molecule has 0 aliphatic rings. The quantitative estimate of drug-likeness (QED) is 0.359. The van der Waals surface area contributed by atoms with Crippen molar-refractivity contribution in [1.82, 2.24) is 0 Å². The predicted octanol–water partition coefficient (Wildman–Crippen LogP) is 3.12. The molecule has 0 unspecified atom stereocenters. The zero-order valence-electron chi connectivity index (χ0n) is 6.09. The average Bonchev–Trinajstić information content (AvgIpc) is 2.11. The first-order chi connectivity index (χ1) is 6.37. The van der Waals surface area contributed by atoms with E-state index >= 15 is 0 Å². The fourth-order valence-corrected chi connectivity index (χ4v) is 2.81. The van der Waals surface area contributed by atoms with Crippen molar-refractivity contribution in [3.05, 3.63) is 32.7 Å². The molecule has 0 bridgehead atoms. The molecule has 0 saturated carbocycles. The van der Waals surface area contributed by atoms with Crippen LogP contribution in [0.15, 0.2) is 0 Å². The van der Waals surface area contributed by atoms with Crippen LogP contribution < -0.4 is 0 Å². The molecule has 1 aromatic carbocycles. The molecule has 0 heterocycles. The molecule has 1 aromatic rings. The molecule has 0 radical (unpaired) electrons. The molecule has 0 fully saturated rings. The molecule has 1 N–H and O–H groups in total. The van der Waals surface area contributed by atoms with Crippen LogP contribution in [0.25, 0.3) is 0 Å². The van der Waals surface area contributed by atoms with Crippen LogP contribution in [0.1, 0.15) is 0 Å². The van der Waals surface area contributed by atoms with Gasteiger partial charge in [-0.3, -0.25) is 0 Å². The van der Waals surface area contributed by atoms with Gasteiger partial charge in [0.1, 0.15) is 0 Å². The molecule has 1 rings (SSSR count). The molecule has 0 aromatic heterocycles. The minimum absolute atomic E-state index is 1.30. The van der Waals surface area contributed by atoms with Gasteiger partial charge >= 0.3 is 86.1 Å². The van der Waals surface area contributed by atoms with Crippen molar-refractivity contribution in [1.29, 1.82) is 0 Å². The fraction of sp³-hybridized carbons (Fsp3) is 0. The van der Waals surface area contributed by atoms with E-state index in [4.69, 9.17) is 12.3 Å². The van der Waals surface area contributed by atoms with Crippen molar-refractivity contribution in [2.24, 2.45) is 0 Å². The molecule has 14 heavy (non-hydrogen) atoms. The molecule has 0 spiro atoms. The van der Waals surface area contributed by atoms with Crippen LogP contribution in [0.3, 0.4) is 0 Å². The number of hydrogen-bond acceptors (Lipinski definition) is 1. The number of rotatable bonds is 1. The Morgan fingerprint density at radius 2 is 1.07 bits per heavy atom. The summed E-state index contributed by atoms with van der Waals surface area (Å²) in [4.78, 5) is 0. The fourth-order valence-electron chi connectivity index (χ4n) is 0.715. The van der Waals surface area contributed by atoms with E-state index in [0.29, 0.717) is 0 Å². The Balaban J connectivity index is 3.60. The Hall–Kier alpha value is -0.150. The average molecular weight is 346 g/mol. The van der Waals surface area contributed by atoms with Gasteiger partial charge in [0.25, 0.3) is 0 Å². The second kappa shape index (κ2) is 4.15. The molecule has 1 nitrogen and oxygen atoms in total. The van der Waals surface area contributed by atoms with Gasteiger partial charge in [-0.1, -0.05) is 0 Å². The van der Waals surface area contributed by atoms with Crippen molar-refractivity contribution < 1.29 is 25.4 Å². The second-order valence-electron chi connectivity index (χ2n) is 2.10. The van der Waals surface area contributed by atoms with E-state index in [-0.39, 0.29) is 0 Å². The Kier molecular flexibility index (Phi) is 3.53.